The third kappa shape index (κ3) is 2.98. The number of halogens is 1. The van der Waals surface area contributed by atoms with E-state index >= 15 is 0 Å². The van der Waals surface area contributed by atoms with Crippen LogP contribution in [0.25, 0.3) is 22.2 Å². The quantitative estimate of drug-likeness (QED) is 0.532. The highest BCUT2D eigenvalue weighted by molar-refractivity contribution is 6.30. The zero-order valence-electron chi connectivity index (χ0n) is 15.9. The van der Waals surface area contributed by atoms with Crippen LogP contribution in [0.1, 0.15) is 11.1 Å². The van der Waals surface area contributed by atoms with Crippen LogP contribution in [0.2, 0.25) is 5.02 Å². The predicted octanol–water partition coefficient (Wildman–Crippen LogP) is 3.72. The van der Waals surface area contributed by atoms with E-state index in [1.54, 1.807) is 7.05 Å². The lowest BCUT2D eigenvalue weighted by Gasteiger charge is -2.11. The molecule has 4 rings (SSSR count). The summed E-state index contributed by atoms with van der Waals surface area (Å²) in [6, 6.07) is 15.7. The minimum absolute atomic E-state index is 0.288. The van der Waals surface area contributed by atoms with E-state index in [-0.39, 0.29) is 11.2 Å². The lowest BCUT2D eigenvalue weighted by molar-refractivity contribution is 0.714. The third-order valence-corrected chi connectivity index (χ3v) is 5.32. The zero-order chi connectivity index (χ0) is 20.0. The van der Waals surface area contributed by atoms with Gasteiger partial charge in [-0.3, -0.25) is 13.9 Å². The molecule has 4 aromatic rings. The molecule has 5 nitrogen and oxygen atoms in total. The highest BCUT2D eigenvalue weighted by Crippen LogP contribution is 2.29. The van der Waals surface area contributed by atoms with E-state index in [0.29, 0.717) is 22.5 Å². The second-order valence-corrected chi connectivity index (χ2v) is 7.50. The Hall–Kier alpha value is -3.05. The van der Waals surface area contributed by atoms with E-state index in [2.05, 4.69) is 6.07 Å². The van der Waals surface area contributed by atoms with Crippen molar-refractivity contribution in [3.05, 3.63) is 91.7 Å². The molecule has 0 spiro atoms. The molecule has 0 fully saturated rings. The summed E-state index contributed by atoms with van der Waals surface area (Å²) in [6.45, 7) is 2.58. The average molecular weight is 394 g/mol. The zero-order valence-corrected chi connectivity index (χ0v) is 16.7. The minimum atomic E-state index is -0.336. The molecule has 0 N–H and O–H groups in total. The summed E-state index contributed by atoms with van der Waals surface area (Å²) in [5, 5.41) is 1.22. The first-order valence-corrected chi connectivity index (χ1v) is 9.35. The molecule has 0 amide bonds. The van der Waals surface area contributed by atoms with Gasteiger partial charge in [0.2, 0.25) is 0 Å². The van der Waals surface area contributed by atoms with Crippen molar-refractivity contribution < 1.29 is 0 Å². The van der Waals surface area contributed by atoms with Crippen LogP contribution >= 0.6 is 11.6 Å². The molecule has 142 valence electrons. The molecule has 0 radical (unpaired) electrons. The highest BCUT2D eigenvalue weighted by atomic mass is 35.5. The van der Waals surface area contributed by atoms with Gasteiger partial charge in [-0.15, -0.1) is 0 Å². The first kappa shape index (κ1) is 18.3. The average Bonchev–Trinajstić information content (AvgIpc) is 3.06. The van der Waals surface area contributed by atoms with Crippen LogP contribution in [0.5, 0.6) is 0 Å². The molecule has 0 saturated carbocycles. The Balaban J connectivity index is 2.06. The summed E-state index contributed by atoms with van der Waals surface area (Å²) in [7, 11) is 3.21. The second-order valence-electron chi connectivity index (χ2n) is 7.07. The summed E-state index contributed by atoms with van der Waals surface area (Å²) in [5.41, 5.74) is 3.91. The van der Waals surface area contributed by atoms with Crippen molar-refractivity contribution in [3.8, 4) is 11.3 Å². The number of aromatic nitrogens is 3. The van der Waals surface area contributed by atoms with Crippen LogP contribution in [0, 0.1) is 6.92 Å². The third-order valence-electron chi connectivity index (χ3n) is 5.07. The fourth-order valence-electron chi connectivity index (χ4n) is 3.60. The largest absolute Gasteiger partial charge is 0.340 e. The maximum atomic E-state index is 13.0. The van der Waals surface area contributed by atoms with Gasteiger partial charge in [0.05, 0.1) is 16.6 Å². The molecular formula is C22H20ClN3O2. The summed E-state index contributed by atoms with van der Waals surface area (Å²) >= 11 is 6.01. The first-order chi connectivity index (χ1) is 13.4. The molecule has 0 saturated heterocycles. The van der Waals surface area contributed by atoms with Crippen molar-refractivity contribution in [1.82, 2.24) is 13.7 Å². The summed E-state index contributed by atoms with van der Waals surface area (Å²) < 4.78 is 4.71. The van der Waals surface area contributed by atoms with Gasteiger partial charge in [0.1, 0.15) is 0 Å². The maximum absolute atomic E-state index is 13.0. The van der Waals surface area contributed by atoms with Gasteiger partial charge >= 0.3 is 5.69 Å². The van der Waals surface area contributed by atoms with Crippen molar-refractivity contribution in [3.63, 3.8) is 0 Å². The number of nitrogens with zero attached hydrogens (tertiary/aromatic N) is 3. The van der Waals surface area contributed by atoms with Gasteiger partial charge in [0.25, 0.3) is 5.56 Å². The Labute approximate surface area is 167 Å². The normalized spacial score (nSPS) is 11.3. The summed E-state index contributed by atoms with van der Waals surface area (Å²) in [5.74, 6) is 0. The van der Waals surface area contributed by atoms with Crippen molar-refractivity contribution in [1.29, 1.82) is 0 Å². The number of hydrogen-bond acceptors (Lipinski definition) is 2. The Kier molecular flexibility index (Phi) is 4.47. The molecule has 0 aliphatic heterocycles. The number of rotatable bonds is 3. The lowest BCUT2D eigenvalue weighted by atomic mass is 10.1. The summed E-state index contributed by atoms with van der Waals surface area (Å²) in [4.78, 5) is 25.4. The molecular weight excluding hydrogens is 374 g/mol. The van der Waals surface area contributed by atoms with Crippen LogP contribution in [0.3, 0.4) is 0 Å². The fraction of sp³-hybridized carbons (Fsp3) is 0.182. The number of fused-ring (bicyclic) bond motifs is 1. The molecule has 0 unspecified atom stereocenters. The summed E-state index contributed by atoms with van der Waals surface area (Å²) in [6.07, 6.45) is 1.88. The van der Waals surface area contributed by atoms with Crippen LogP contribution in [0.15, 0.2) is 64.3 Å². The van der Waals surface area contributed by atoms with Crippen LogP contribution in [-0.2, 0) is 20.6 Å². The predicted molar refractivity (Wildman–Crippen MR) is 113 cm³/mol. The number of hydrogen-bond donors (Lipinski definition) is 0. The standard InChI is InChI=1S/C22H20ClN3O2/c1-14-5-4-6-16(11-14)20-19-18(24(2)22(28)25(3)21(19)27)13-26(20)12-15-7-9-17(23)10-8-15/h4-11,13H,12H2,1-3H3. The lowest BCUT2D eigenvalue weighted by Crippen LogP contribution is -2.36. The van der Waals surface area contributed by atoms with E-state index in [0.717, 1.165) is 27.0 Å². The minimum Gasteiger partial charge on any atom is -0.340 e. The van der Waals surface area contributed by atoms with Gasteiger partial charge in [-0.05, 0) is 36.2 Å². The maximum Gasteiger partial charge on any atom is 0.330 e. The van der Waals surface area contributed by atoms with E-state index < -0.39 is 0 Å². The molecule has 2 aromatic carbocycles. The van der Waals surface area contributed by atoms with Gasteiger partial charge in [0.15, 0.2) is 0 Å². The van der Waals surface area contributed by atoms with Crippen molar-refractivity contribution in [2.75, 3.05) is 0 Å². The molecule has 0 atom stereocenters. The number of benzene rings is 2. The van der Waals surface area contributed by atoms with Crippen LogP contribution in [0.4, 0.5) is 0 Å². The molecule has 0 bridgehead atoms. The van der Waals surface area contributed by atoms with Crippen LogP contribution < -0.4 is 11.2 Å². The van der Waals surface area contributed by atoms with E-state index in [1.165, 1.54) is 11.6 Å². The van der Waals surface area contributed by atoms with Gasteiger partial charge in [-0.25, -0.2) is 4.79 Å². The SMILES string of the molecule is Cc1cccc(-c2c3c(=O)n(C)c(=O)n(C)c3cn2Cc2ccc(Cl)cc2)c1. The van der Waals surface area contributed by atoms with Gasteiger partial charge in [-0.1, -0.05) is 47.5 Å². The molecule has 0 aliphatic carbocycles. The molecule has 6 heteroatoms. The Bertz CT molecular complexity index is 1310. The van der Waals surface area contributed by atoms with Crippen molar-refractivity contribution >= 4 is 22.5 Å². The van der Waals surface area contributed by atoms with E-state index in [1.807, 2.05) is 60.2 Å². The molecule has 28 heavy (non-hydrogen) atoms. The Morgan fingerprint density at radius 1 is 0.964 bits per heavy atom. The first-order valence-electron chi connectivity index (χ1n) is 8.97. The van der Waals surface area contributed by atoms with E-state index in [9.17, 15) is 9.59 Å². The Morgan fingerprint density at radius 3 is 2.36 bits per heavy atom. The molecule has 2 heterocycles. The topological polar surface area (TPSA) is 48.9 Å². The van der Waals surface area contributed by atoms with E-state index in [4.69, 9.17) is 11.6 Å². The van der Waals surface area contributed by atoms with Gasteiger partial charge in [-0.2, -0.15) is 0 Å². The van der Waals surface area contributed by atoms with Gasteiger partial charge < -0.3 is 4.57 Å². The second kappa shape index (κ2) is 6.84. The van der Waals surface area contributed by atoms with Gasteiger partial charge in [0, 0.05) is 31.9 Å². The van der Waals surface area contributed by atoms with Crippen molar-refractivity contribution in [2.24, 2.45) is 14.1 Å². The van der Waals surface area contributed by atoms with Crippen LogP contribution in [-0.4, -0.2) is 13.7 Å². The highest BCUT2D eigenvalue weighted by Gasteiger charge is 2.19. The molecule has 2 aromatic heterocycles. The smallest absolute Gasteiger partial charge is 0.330 e. The molecule has 0 aliphatic rings. The van der Waals surface area contributed by atoms with Crippen molar-refractivity contribution in [2.45, 2.75) is 13.5 Å². The number of aryl methyl sites for hydroxylation is 2. The fourth-order valence-corrected chi connectivity index (χ4v) is 3.73. The Morgan fingerprint density at radius 2 is 1.68 bits per heavy atom. The monoisotopic (exact) mass is 393 g/mol.